The van der Waals surface area contributed by atoms with E-state index in [4.69, 9.17) is 4.74 Å². The van der Waals surface area contributed by atoms with Gasteiger partial charge in [0.05, 0.1) is 27.9 Å². The SMILES string of the molecule is COC(=O)c1ccc(COC(=O)CCCc2nc3ccccc3s2)cc1. The summed E-state index contributed by atoms with van der Waals surface area (Å²) in [6, 6.07) is 14.8. The molecule has 0 fully saturated rings. The number of para-hydroxylation sites is 1. The molecule has 0 unspecified atom stereocenters. The van der Waals surface area contributed by atoms with Gasteiger partial charge in [-0.3, -0.25) is 4.79 Å². The number of carbonyl (C=O) groups excluding carboxylic acids is 2. The second-order valence-electron chi connectivity index (χ2n) is 5.78. The summed E-state index contributed by atoms with van der Waals surface area (Å²) in [6.07, 6.45) is 1.83. The van der Waals surface area contributed by atoms with E-state index in [2.05, 4.69) is 15.8 Å². The van der Waals surface area contributed by atoms with Crippen molar-refractivity contribution in [3.05, 3.63) is 64.7 Å². The van der Waals surface area contributed by atoms with Gasteiger partial charge in [0.2, 0.25) is 0 Å². The minimum Gasteiger partial charge on any atom is -0.465 e. The lowest BCUT2D eigenvalue weighted by Crippen LogP contribution is -2.05. The van der Waals surface area contributed by atoms with Gasteiger partial charge in [0, 0.05) is 6.42 Å². The molecule has 0 saturated heterocycles. The zero-order valence-electron chi connectivity index (χ0n) is 14.4. The van der Waals surface area contributed by atoms with E-state index in [1.807, 2.05) is 18.2 Å². The Bertz CT molecular complexity index is 869. The van der Waals surface area contributed by atoms with Crippen molar-refractivity contribution in [2.45, 2.75) is 25.9 Å². The third-order valence-corrected chi connectivity index (χ3v) is 4.98. The van der Waals surface area contributed by atoms with Crippen LogP contribution in [-0.2, 0) is 27.3 Å². The highest BCUT2D eigenvalue weighted by Gasteiger charge is 2.08. The van der Waals surface area contributed by atoms with Crippen LogP contribution in [0, 0.1) is 0 Å². The molecule has 0 radical (unpaired) electrons. The van der Waals surface area contributed by atoms with E-state index < -0.39 is 0 Å². The van der Waals surface area contributed by atoms with E-state index in [1.54, 1.807) is 35.6 Å². The number of ether oxygens (including phenoxy) is 2. The number of hydrogen-bond donors (Lipinski definition) is 0. The van der Waals surface area contributed by atoms with E-state index >= 15 is 0 Å². The smallest absolute Gasteiger partial charge is 0.337 e. The van der Waals surface area contributed by atoms with Crippen molar-refractivity contribution in [3.8, 4) is 0 Å². The van der Waals surface area contributed by atoms with Gasteiger partial charge in [0.1, 0.15) is 6.61 Å². The summed E-state index contributed by atoms with van der Waals surface area (Å²) < 4.78 is 11.1. The van der Waals surface area contributed by atoms with Crippen molar-refractivity contribution in [3.63, 3.8) is 0 Å². The third-order valence-electron chi connectivity index (χ3n) is 3.88. The molecule has 0 N–H and O–H groups in total. The number of methoxy groups -OCH3 is 1. The highest BCUT2D eigenvalue weighted by atomic mass is 32.1. The van der Waals surface area contributed by atoms with E-state index in [1.165, 1.54) is 11.8 Å². The molecule has 0 saturated carbocycles. The lowest BCUT2D eigenvalue weighted by molar-refractivity contribution is -0.145. The van der Waals surface area contributed by atoms with Crippen LogP contribution in [0.1, 0.15) is 33.8 Å². The molecule has 0 spiro atoms. The van der Waals surface area contributed by atoms with E-state index in [-0.39, 0.29) is 18.5 Å². The van der Waals surface area contributed by atoms with Crippen molar-refractivity contribution < 1.29 is 19.1 Å². The van der Waals surface area contributed by atoms with Crippen molar-refractivity contribution in [2.75, 3.05) is 7.11 Å². The molecular weight excluding hydrogens is 350 g/mol. The fraction of sp³-hybridized carbons (Fsp3) is 0.250. The van der Waals surface area contributed by atoms with Crippen molar-refractivity contribution in [1.29, 1.82) is 0 Å². The summed E-state index contributed by atoms with van der Waals surface area (Å²) in [5.41, 5.74) is 2.31. The Morgan fingerprint density at radius 2 is 1.85 bits per heavy atom. The Kier molecular flexibility index (Phi) is 5.96. The van der Waals surface area contributed by atoms with E-state index in [0.717, 1.165) is 22.5 Å². The first-order chi connectivity index (χ1) is 12.7. The minimum atomic E-state index is -0.386. The lowest BCUT2D eigenvalue weighted by atomic mass is 10.1. The number of carbonyl (C=O) groups is 2. The monoisotopic (exact) mass is 369 g/mol. The molecule has 0 aliphatic carbocycles. The zero-order valence-corrected chi connectivity index (χ0v) is 15.3. The molecule has 0 bridgehead atoms. The maximum absolute atomic E-state index is 11.9. The molecule has 26 heavy (non-hydrogen) atoms. The first-order valence-electron chi connectivity index (χ1n) is 8.33. The van der Waals surface area contributed by atoms with E-state index in [9.17, 15) is 9.59 Å². The third kappa shape index (κ3) is 4.67. The second kappa shape index (κ2) is 8.58. The molecular formula is C20H19NO4S. The molecule has 5 nitrogen and oxygen atoms in total. The van der Waals surface area contributed by atoms with E-state index in [0.29, 0.717) is 18.4 Å². The highest BCUT2D eigenvalue weighted by molar-refractivity contribution is 7.18. The quantitative estimate of drug-likeness (QED) is 0.585. The fourth-order valence-electron chi connectivity index (χ4n) is 2.50. The Morgan fingerprint density at radius 3 is 2.58 bits per heavy atom. The number of aromatic nitrogens is 1. The van der Waals surface area contributed by atoms with Crippen molar-refractivity contribution in [2.24, 2.45) is 0 Å². The van der Waals surface area contributed by atoms with Gasteiger partial charge < -0.3 is 9.47 Å². The van der Waals surface area contributed by atoms with Crippen LogP contribution in [-0.4, -0.2) is 24.0 Å². The van der Waals surface area contributed by atoms with Crippen LogP contribution >= 0.6 is 11.3 Å². The average molecular weight is 369 g/mol. The molecule has 0 aliphatic rings. The number of benzene rings is 2. The van der Waals surface area contributed by atoms with Crippen LogP contribution in [0.4, 0.5) is 0 Å². The number of rotatable bonds is 7. The lowest BCUT2D eigenvalue weighted by Gasteiger charge is -2.05. The Morgan fingerprint density at radius 1 is 1.08 bits per heavy atom. The van der Waals surface area contributed by atoms with Crippen LogP contribution in [0.5, 0.6) is 0 Å². The van der Waals surface area contributed by atoms with Gasteiger partial charge in [-0.2, -0.15) is 0 Å². The molecule has 134 valence electrons. The molecule has 0 aliphatic heterocycles. The van der Waals surface area contributed by atoms with Crippen LogP contribution in [0.25, 0.3) is 10.2 Å². The summed E-state index contributed by atoms with van der Waals surface area (Å²) in [5, 5.41) is 1.04. The predicted octanol–water partition coefficient (Wildman–Crippen LogP) is 4.15. The summed E-state index contributed by atoms with van der Waals surface area (Å²) in [4.78, 5) is 27.8. The zero-order chi connectivity index (χ0) is 18.4. The Hall–Kier alpha value is -2.73. The van der Waals surface area contributed by atoms with Gasteiger partial charge in [0.15, 0.2) is 0 Å². The first-order valence-corrected chi connectivity index (χ1v) is 9.14. The predicted molar refractivity (Wildman–Crippen MR) is 100 cm³/mol. The number of hydrogen-bond acceptors (Lipinski definition) is 6. The molecule has 1 heterocycles. The highest BCUT2D eigenvalue weighted by Crippen LogP contribution is 2.22. The maximum Gasteiger partial charge on any atom is 0.337 e. The summed E-state index contributed by atoms with van der Waals surface area (Å²) in [6.45, 7) is 0.196. The van der Waals surface area contributed by atoms with Crippen LogP contribution in [0.15, 0.2) is 48.5 Å². The molecule has 2 aromatic carbocycles. The van der Waals surface area contributed by atoms with Gasteiger partial charge in [-0.05, 0) is 42.7 Å². The van der Waals surface area contributed by atoms with Crippen LogP contribution in [0.2, 0.25) is 0 Å². The van der Waals surface area contributed by atoms with Crippen molar-refractivity contribution in [1.82, 2.24) is 4.98 Å². The van der Waals surface area contributed by atoms with Gasteiger partial charge in [-0.1, -0.05) is 24.3 Å². The summed E-state index contributed by atoms with van der Waals surface area (Å²) >= 11 is 1.66. The average Bonchev–Trinajstić information content (AvgIpc) is 3.09. The molecule has 3 aromatic rings. The molecule has 6 heteroatoms. The number of nitrogens with zero attached hydrogens (tertiary/aromatic N) is 1. The Balaban J connectivity index is 1.42. The standard InChI is InChI=1S/C20H19NO4S/c1-24-20(23)15-11-9-14(10-12-15)13-25-19(22)8-4-7-18-21-16-5-2-3-6-17(16)26-18/h2-3,5-6,9-12H,4,7-8,13H2,1H3. The van der Waals surface area contributed by atoms with Gasteiger partial charge in [0.25, 0.3) is 0 Å². The molecule has 3 rings (SSSR count). The second-order valence-corrected chi connectivity index (χ2v) is 6.89. The number of esters is 2. The number of thiazole rings is 1. The largest absolute Gasteiger partial charge is 0.465 e. The maximum atomic E-state index is 11.9. The molecule has 0 amide bonds. The Labute approximate surface area is 155 Å². The normalized spacial score (nSPS) is 10.7. The van der Waals surface area contributed by atoms with Crippen molar-refractivity contribution >= 4 is 33.5 Å². The van der Waals surface area contributed by atoms with Gasteiger partial charge in [-0.25, -0.2) is 9.78 Å². The van der Waals surface area contributed by atoms with Crippen LogP contribution < -0.4 is 0 Å². The fourth-order valence-corrected chi connectivity index (χ4v) is 3.51. The molecule has 0 atom stereocenters. The first kappa shape index (κ1) is 18.1. The van der Waals surface area contributed by atoms with Crippen LogP contribution in [0.3, 0.4) is 0 Å². The number of aryl methyl sites for hydroxylation is 1. The van der Waals surface area contributed by atoms with Gasteiger partial charge in [-0.15, -0.1) is 11.3 Å². The molecule has 1 aromatic heterocycles. The summed E-state index contributed by atoms with van der Waals surface area (Å²) in [5.74, 6) is -0.619. The van der Waals surface area contributed by atoms with Gasteiger partial charge >= 0.3 is 11.9 Å². The number of fused-ring (bicyclic) bond motifs is 1. The summed E-state index contributed by atoms with van der Waals surface area (Å²) in [7, 11) is 1.34. The minimum absolute atomic E-state index is 0.196. The topological polar surface area (TPSA) is 65.5 Å².